The minimum absolute atomic E-state index is 0.252. The van der Waals surface area contributed by atoms with Crippen LogP contribution >= 0.6 is 0 Å². The normalized spacial score (nSPS) is 26.0. The third-order valence-electron chi connectivity index (χ3n) is 4.55. The Balaban J connectivity index is 1.87. The van der Waals surface area contributed by atoms with Crippen molar-refractivity contribution in [1.29, 1.82) is 0 Å². The standard InChI is InChI=1S/C16H20F3NO/c17-16(18,19)13-7-3-2-6-12(13)14-10-20-11-15(21-14)8-4-1-5-9-15/h2-3,6-7,14,20H,1,4-5,8-11H2. The second-order valence-electron chi connectivity index (χ2n) is 6.07. The number of rotatable bonds is 1. The molecule has 1 aromatic rings. The van der Waals surface area contributed by atoms with Gasteiger partial charge in [-0.3, -0.25) is 0 Å². The Labute approximate surface area is 122 Å². The Morgan fingerprint density at radius 3 is 2.52 bits per heavy atom. The molecule has 2 aliphatic rings. The van der Waals surface area contributed by atoms with Crippen LogP contribution in [0.1, 0.15) is 49.3 Å². The van der Waals surface area contributed by atoms with Crippen LogP contribution in [0.15, 0.2) is 24.3 Å². The van der Waals surface area contributed by atoms with E-state index in [1.807, 2.05) is 0 Å². The molecule has 1 aromatic carbocycles. The molecule has 1 unspecified atom stereocenters. The van der Waals surface area contributed by atoms with E-state index in [-0.39, 0.29) is 11.2 Å². The lowest BCUT2D eigenvalue weighted by Gasteiger charge is -2.44. The van der Waals surface area contributed by atoms with E-state index in [0.29, 0.717) is 6.54 Å². The van der Waals surface area contributed by atoms with Gasteiger partial charge in [-0.1, -0.05) is 37.5 Å². The van der Waals surface area contributed by atoms with Crippen LogP contribution in [0.25, 0.3) is 0 Å². The molecule has 5 heteroatoms. The molecule has 1 spiro atoms. The van der Waals surface area contributed by atoms with Gasteiger partial charge in [0.05, 0.1) is 17.3 Å². The number of benzene rings is 1. The number of halogens is 3. The first-order chi connectivity index (χ1) is 10.0. The van der Waals surface area contributed by atoms with Crippen molar-refractivity contribution in [3.8, 4) is 0 Å². The molecule has 1 saturated heterocycles. The molecule has 0 radical (unpaired) electrons. The van der Waals surface area contributed by atoms with Crippen LogP contribution in [0.2, 0.25) is 0 Å². The molecule has 3 rings (SSSR count). The highest BCUT2D eigenvalue weighted by atomic mass is 19.4. The Hall–Kier alpha value is -1.07. The Morgan fingerprint density at radius 1 is 1.10 bits per heavy atom. The smallest absolute Gasteiger partial charge is 0.364 e. The molecule has 1 heterocycles. The number of nitrogens with one attached hydrogen (secondary N) is 1. The van der Waals surface area contributed by atoms with E-state index in [1.54, 1.807) is 6.07 Å². The van der Waals surface area contributed by atoms with E-state index in [1.165, 1.54) is 18.6 Å². The fourth-order valence-electron chi connectivity index (χ4n) is 3.52. The molecule has 1 atom stereocenters. The molecule has 0 amide bonds. The first-order valence-corrected chi connectivity index (χ1v) is 7.55. The quantitative estimate of drug-likeness (QED) is 0.844. The van der Waals surface area contributed by atoms with Crippen molar-refractivity contribution in [3.63, 3.8) is 0 Å². The zero-order chi connectivity index (χ0) is 14.9. The van der Waals surface area contributed by atoms with E-state index in [9.17, 15) is 13.2 Å². The van der Waals surface area contributed by atoms with Gasteiger partial charge in [0.15, 0.2) is 0 Å². The van der Waals surface area contributed by atoms with Crippen molar-refractivity contribution in [2.24, 2.45) is 0 Å². The highest BCUT2D eigenvalue weighted by Crippen LogP contribution is 2.41. The molecule has 116 valence electrons. The van der Waals surface area contributed by atoms with Crippen molar-refractivity contribution in [2.45, 2.75) is 50.0 Å². The largest absolute Gasteiger partial charge is 0.416 e. The van der Waals surface area contributed by atoms with Crippen molar-refractivity contribution < 1.29 is 17.9 Å². The number of hydrogen-bond donors (Lipinski definition) is 1. The van der Waals surface area contributed by atoms with Gasteiger partial charge in [-0.2, -0.15) is 13.2 Å². The number of alkyl halides is 3. The second kappa shape index (κ2) is 5.61. The highest BCUT2D eigenvalue weighted by molar-refractivity contribution is 5.32. The molecule has 2 nitrogen and oxygen atoms in total. The summed E-state index contributed by atoms with van der Waals surface area (Å²) in [6, 6.07) is 5.76. The molecule has 1 saturated carbocycles. The number of ether oxygens (including phenoxy) is 1. The maximum atomic E-state index is 13.2. The summed E-state index contributed by atoms with van der Waals surface area (Å²) in [5.74, 6) is 0. The van der Waals surface area contributed by atoms with Gasteiger partial charge >= 0.3 is 6.18 Å². The van der Waals surface area contributed by atoms with Crippen LogP contribution < -0.4 is 5.32 Å². The first-order valence-electron chi connectivity index (χ1n) is 7.55. The lowest BCUT2D eigenvalue weighted by molar-refractivity contribution is -0.151. The fraction of sp³-hybridized carbons (Fsp3) is 0.625. The van der Waals surface area contributed by atoms with Crippen molar-refractivity contribution >= 4 is 0 Å². The van der Waals surface area contributed by atoms with Gasteiger partial charge in [0.1, 0.15) is 0 Å². The topological polar surface area (TPSA) is 21.3 Å². The van der Waals surface area contributed by atoms with Gasteiger partial charge < -0.3 is 10.1 Å². The Kier molecular flexibility index (Phi) is 3.97. The number of hydrogen-bond acceptors (Lipinski definition) is 2. The van der Waals surface area contributed by atoms with Crippen molar-refractivity contribution in [1.82, 2.24) is 5.32 Å². The molecule has 1 aliphatic heterocycles. The maximum Gasteiger partial charge on any atom is 0.416 e. The summed E-state index contributed by atoms with van der Waals surface area (Å²) >= 11 is 0. The molecule has 21 heavy (non-hydrogen) atoms. The molecule has 2 fully saturated rings. The molecular weight excluding hydrogens is 279 g/mol. The average molecular weight is 299 g/mol. The maximum absolute atomic E-state index is 13.2. The summed E-state index contributed by atoms with van der Waals surface area (Å²) < 4.78 is 45.7. The summed E-state index contributed by atoms with van der Waals surface area (Å²) in [6.45, 7) is 1.19. The predicted molar refractivity (Wildman–Crippen MR) is 74.0 cm³/mol. The van der Waals surface area contributed by atoms with E-state index < -0.39 is 17.8 Å². The lowest BCUT2D eigenvalue weighted by atomic mass is 9.83. The average Bonchev–Trinajstić information content (AvgIpc) is 2.47. The van der Waals surface area contributed by atoms with Crippen LogP contribution in [0, 0.1) is 0 Å². The van der Waals surface area contributed by atoms with E-state index in [2.05, 4.69) is 5.32 Å². The summed E-state index contributed by atoms with van der Waals surface area (Å²) in [5, 5.41) is 3.28. The first kappa shape index (κ1) is 14.9. The van der Waals surface area contributed by atoms with Crippen LogP contribution in [-0.2, 0) is 10.9 Å². The third kappa shape index (κ3) is 3.09. The molecule has 0 aromatic heterocycles. The zero-order valence-electron chi connectivity index (χ0n) is 11.9. The van der Waals surface area contributed by atoms with Crippen LogP contribution in [-0.4, -0.2) is 18.7 Å². The predicted octanol–water partition coefficient (Wildman–Crippen LogP) is 4.07. The second-order valence-corrected chi connectivity index (χ2v) is 6.07. The van der Waals surface area contributed by atoms with Crippen LogP contribution in [0.4, 0.5) is 13.2 Å². The highest BCUT2D eigenvalue weighted by Gasteiger charge is 2.41. The fourth-order valence-corrected chi connectivity index (χ4v) is 3.52. The van der Waals surface area contributed by atoms with E-state index in [4.69, 9.17) is 4.74 Å². The van der Waals surface area contributed by atoms with Crippen LogP contribution in [0.3, 0.4) is 0 Å². The Bertz CT molecular complexity index is 489. The van der Waals surface area contributed by atoms with Crippen molar-refractivity contribution in [3.05, 3.63) is 35.4 Å². The minimum atomic E-state index is -4.34. The zero-order valence-corrected chi connectivity index (χ0v) is 11.9. The molecule has 0 bridgehead atoms. The summed E-state index contributed by atoms with van der Waals surface area (Å²) in [6.07, 6.45) is 0.390. The summed E-state index contributed by atoms with van der Waals surface area (Å²) in [7, 11) is 0. The monoisotopic (exact) mass is 299 g/mol. The van der Waals surface area contributed by atoms with Gasteiger partial charge in [-0.15, -0.1) is 0 Å². The van der Waals surface area contributed by atoms with Gasteiger partial charge in [0.25, 0.3) is 0 Å². The minimum Gasteiger partial charge on any atom is -0.364 e. The molecular formula is C16H20F3NO. The van der Waals surface area contributed by atoms with Crippen LogP contribution in [0.5, 0.6) is 0 Å². The van der Waals surface area contributed by atoms with Crippen molar-refractivity contribution in [2.75, 3.05) is 13.1 Å². The lowest BCUT2D eigenvalue weighted by Crippen LogP contribution is -2.52. The van der Waals surface area contributed by atoms with Gasteiger partial charge in [-0.05, 0) is 24.5 Å². The van der Waals surface area contributed by atoms with E-state index >= 15 is 0 Å². The summed E-state index contributed by atoms with van der Waals surface area (Å²) in [4.78, 5) is 0. The van der Waals surface area contributed by atoms with Gasteiger partial charge in [0, 0.05) is 13.1 Å². The third-order valence-corrected chi connectivity index (χ3v) is 4.55. The van der Waals surface area contributed by atoms with Gasteiger partial charge in [-0.25, -0.2) is 0 Å². The number of morpholine rings is 1. The molecule has 1 aliphatic carbocycles. The SMILES string of the molecule is FC(F)(F)c1ccccc1C1CNCC2(CCCCC2)O1. The molecule has 1 N–H and O–H groups in total. The van der Waals surface area contributed by atoms with Gasteiger partial charge in [0.2, 0.25) is 0 Å². The van der Waals surface area contributed by atoms with E-state index in [0.717, 1.165) is 38.3 Å². The Morgan fingerprint density at radius 2 is 1.81 bits per heavy atom. The summed E-state index contributed by atoms with van der Waals surface area (Å²) in [5.41, 5.74) is -0.605.